The summed E-state index contributed by atoms with van der Waals surface area (Å²) in [5.74, 6) is 1.02. The summed E-state index contributed by atoms with van der Waals surface area (Å²) < 4.78 is 19.0. The van der Waals surface area contributed by atoms with Gasteiger partial charge in [0.25, 0.3) is 5.91 Å². The number of nitrogens with zero attached hydrogens (tertiary/aromatic N) is 2. The average Bonchev–Trinajstić information content (AvgIpc) is 3.06. The van der Waals surface area contributed by atoms with E-state index in [0.717, 1.165) is 35.9 Å². The van der Waals surface area contributed by atoms with E-state index in [1.54, 1.807) is 0 Å². The fourth-order valence-corrected chi connectivity index (χ4v) is 4.82. The lowest BCUT2D eigenvalue weighted by molar-refractivity contribution is -0.140. The van der Waals surface area contributed by atoms with Gasteiger partial charge in [-0.3, -0.25) is 9.59 Å². The van der Waals surface area contributed by atoms with Gasteiger partial charge in [0.1, 0.15) is 13.2 Å². The Bertz CT molecular complexity index is 955. The van der Waals surface area contributed by atoms with Crippen molar-refractivity contribution in [1.29, 1.82) is 0 Å². The molecule has 2 heterocycles. The Morgan fingerprint density at radius 1 is 1.18 bits per heavy atom. The zero-order valence-corrected chi connectivity index (χ0v) is 16.8. The zero-order chi connectivity index (χ0) is 19.5. The molecule has 28 heavy (non-hydrogen) atoms. The third kappa shape index (κ3) is 3.92. The topological polar surface area (TPSA) is 79.1 Å². The van der Waals surface area contributed by atoms with Crippen molar-refractivity contribution in [2.45, 2.75) is 45.1 Å². The van der Waals surface area contributed by atoms with Crippen molar-refractivity contribution in [3.8, 4) is 11.5 Å². The number of carbonyl (C=O) groups excluding carboxylic acids is 2. The number of thiazole rings is 1. The number of benzene rings is 1. The number of carbonyl (C=O) groups is 2. The number of esters is 1. The van der Waals surface area contributed by atoms with E-state index >= 15 is 0 Å². The molecule has 1 aromatic carbocycles. The van der Waals surface area contributed by atoms with Crippen LogP contribution in [0.2, 0.25) is 0 Å². The van der Waals surface area contributed by atoms with Gasteiger partial charge in [-0.1, -0.05) is 30.6 Å². The fourth-order valence-electron chi connectivity index (χ4n) is 3.75. The summed E-state index contributed by atoms with van der Waals surface area (Å²) in [6.45, 7) is 1.41. The highest BCUT2D eigenvalue weighted by Gasteiger charge is 2.22. The first-order valence-corrected chi connectivity index (χ1v) is 10.6. The highest BCUT2D eigenvalue weighted by atomic mass is 32.1. The van der Waals surface area contributed by atoms with Gasteiger partial charge < -0.3 is 18.8 Å². The van der Waals surface area contributed by atoms with Crippen LogP contribution in [0.25, 0.3) is 10.2 Å². The molecule has 1 aliphatic carbocycles. The fraction of sp³-hybridized carbons (Fsp3) is 0.550. The van der Waals surface area contributed by atoms with Crippen molar-refractivity contribution in [2.24, 2.45) is 10.9 Å². The van der Waals surface area contributed by atoms with Gasteiger partial charge in [0.2, 0.25) is 0 Å². The SMILES string of the molecule is COC(=O)CCn1c(=NC(=O)C2CCCCC2)sc2cc3c(cc21)OCCO3. The van der Waals surface area contributed by atoms with Crippen LogP contribution in [0.15, 0.2) is 17.1 Å². The molecule has 0 saturated heterocycles. The molecule has 0 bridgehead atoms. The second kappa shape index (κ2) is 8.34. The molecule has 0 atom stereocenters. The minimum atomic E-state index is -0.297. The second-order valence-electron chi connectivity index (χ2n) is 7.11. The maximum atomic E-state index is 12.7. The molecular formula is C20H24N2O5S. The minimum Gasteiger partial charge on any atom is -0.486 e. The molecule has 1 aliphatic heterocycles. The van der Waals surface area contributed by atoms with E-state index in [1.807, 2.05) is 16.7 Å². The molecule has 1 amide bonds. The van der Waals surface area contributed by atoms with E-state index in [2.05, 4.69) is 4.99 Å². The van der Waals surface area contributed by atoms with Crippen LogP contribution in [0.3, 0.4) is 0 Å². The number of amides is 1. The number of aromatic nitrogens is 1. The van der Waals surface area contributed by atoms with E-state index in [9.17, 15) is 9.59 Å². The first-order valence-electron chi connectivity index (χ1n) is 9.74. The number of fused-ring (bicyclic) bond motifs is 2. The number of hydrogen-bond donors (Lipinski definition) is 0. The van der Waals surface area contributed by atoms with Gasteiger partial charge in [-0.2, -0.15) is 4.99 Å². The van der Waals surface area contributed by atoms with Gasteiger partial charge in [0, 0.05) is 24.6 Å². The number of hydrogen-bond acceptors (Lipinski definition) is 6. The van der Waals surface area contributed by atoms with E-state index in [1.165, 1.54) is 24.9 Å². The second-order valence-corrected chi connectivity index (χ2v) is 8.12. The normalized spacial score (nSPS) is 17.7. The van der Waals surface area contributed by atoms with Crippen LogP contribution in [0.4, 0.5) is 0 Å². The number of ether oxygens (including phenoxy) is 3. The molecule has 4 rings (SSSR count). The monoisotopic (exact) mass is 404 g/mol. The molecule has 1 fully saturated rings. The lowest BCUT2D eigenvalue weighted by atomic mass is 9.89. The quantitative estimate of drug-likeness (QED) is 0.732. The predicted octanol–water partition coefficient (Wildman–Crippen LogP) is 3.04. The third-order valence-corrected chi connectivity index (χ3v) is 6.32. The summed E-state index contributed by atoms with van der Waals surface area (Å²) in [7, 11) is 1.37. The highest BCUT2D eigenvalue weighted by molar-refractivity contribution is 7.16. The minimum absolute atomic E-state index is 0.00731. The number of rotatable bonds is 4. The zero-order valence-electron chi connectivity index (χ0n) is 15.9. The number of methoxy groups -OCH3 is 1. The summed E-state index contributed by atoms with van der Waals surface area (Å²) in [6, 6.07) is 3.83. The standard InChI is InChI=1S/C20H24N2O5S/c1-25-18(23)7-8-22-14-11-15-16(27-10-9-26-15)12-17(14)28-20(22)21-19(24)13-5-3-2-4-6-13/h11-13H,2-10H2,1H3. The highest BCUT2D eigenvalue weighted by Crippen LogP contribution is 2.35. The Hall–Kier alpha value is -2.35. The third-order valence-electron chi connectivity index (χ3n) is 5.27. The van der Waals surface area contributed by atoms with Gasteiger partial charge in [-0.15, -0.1) is 0 Å². The average molecular weight is 404 g/mol. The first kappa shape index (κ1) is 19.0. The van der Waals surface area contributed by atoms with Gasteiger partial charge in [0.15, 0.2) is 16.3 Å². The van der Waals surface area contributed by atoms with Gasteiger partial charge in [0.05, 0.1) is 23.7 Å². The van der Waals surface area contributed by atoms with Crippen LogP contribution in [0.1, 0.15) is 38.5 Å². The summed E-state index contributed by atoms with van der Waals surface area (Å²) in [6.07, 6.45) is 5.39. The Morgan fingerprint density at radius 3 is 2.61 bits per heavy atom. The van der Waals surface area contributed by atoms with Crippen LogP contribution >= 0.6 is 11.3 Å². The van der Waals surface area contributed by atoms with Crippen molar-refractivity contribution in [3.63, 3.8) is 0 Å². The van der Waals surface area contributed by atoms with Crippen LogP contribution in [0.5, 0.6) is 11.5 Å². The van der Waals surface area contributed by atoms with E-state index in [0.29, 0.717) is 36.1 Å². The maximum absolute atomic E-state index is 12.7. The molecule has 150 valence electrons. The Morgan fingerprint density at radius 2 is 1.89 bits per heavy atom. The summed E-state index contributed by atoms with van der Waals surface area (Å²) in [5.41, 5.74) is 0.883. The smallest absolute Gasteiger partial charge is 0.307 e. The van der Waals surface area contributed by atoms with Crippen molar-refractivity contribution in [3.05, 3.63) is 16.9 Å². The molecular weight excluding hydrogens is 380 g/mol. The van der Waals surface area contributed by atoms with Crippen LogP contribution < -0.4 is 14.3 Å². The first-order chi connectivity index (χ1) is 13.7. The van der Waals surface area contributed by atoms with Gasteiger partial charge >= 0.3 is 5.97 Å². The predicted molar refractivity (Wildman–Crippen MR) is 105 cm³/mol. The van der Waals surface area contributed by atoms with Gasteiger partial charge in [-0.25, -0.2) is 0 Å². The van der Waals surface area contributed by atoms with Crippen molar-refractivity contribution >= 4 is 33.4 Å². The number of aryl methyl sites for hydroxylation is 1. The maximum Gasteiger partial charge on any atom is 0.307 e. The van der Waals surface area contributed by atoms with E-state index in [-0.39, 0.29) is 24.2 Å². The molecule has 8 heteroatoms. The molecule has 2 aromatic rings. The van der Waals surface area contributed by atoms with Crippen molar-refractivity contribution < 1.29 is 23.8 Å². The van der Waals surface area contributed by atoms with Crippen LogP contribution in [-0.2, 0) is 20.9 Å². The Balaban J connectivity index is 1.75. The van der Waals surface area contributed by atoms with Crippen LogP contribution in [0, 0.1) is 5.92 Å². The van der Waals surface area contributed by atoms with E-state index < -0.39 is 0 Å². The molecule has 1 saturated carbocycles. The van der Waals surface area contributed by atoms with Gasteiger partial charge in [-0.05, 0) is 12.8 Å². The molecule has 0 spiro atoms. The lowest BCUT2D eigenvalue weighted by Crippen LogP contribution is -2.23. The molecule has 0 N–H and O–H groups in total. The van der Waals surface area contributed by atoms with Crippen molar-refractivity contribution in [2.75, 3.05) is 20.3 Å². The van der Waals surface area contributed by atoms with E-state index in [4.69, 9.17) is 14.2 Å². The molecule has 0 radical (unpaired) electrons. The van der Waals surface area contributed by atoms with Crippen molar-refractivity contribution in [1.82, 2.24) is 4.57 Å². The summed E-state index contributed by atoms with van der Waals surface area (Å²) in [4.78, 5) is 29.5. The summed E-state index contributed by atoms with van der Waals surface area (Å²) in [5, 5.41) is 0. The summed E-state index contributed by atoms with van der Waals surface area (Å²) >= 11 is 1.44. The van der Waals surface area contributed by atoms with Crippen LogP contribution in [-0.4, -0.2) is 36.8 Å². The molecule has 1 aromatic heterocycles. The molecule has 7 nitrogen and oxygen atoms in total. The molecule has 2 aliphatic rings. The Kier molecular flexibility index (Phi) is 5.66. The lowest BCUT2D eigenvalue weighted by Gasteiger charge is -2.18. The Labute approximate surface area is 166 Å². The molecule has 0 unspecified atom stereocenters. The largest absolute Gasteiger partial charge is 0.486 e.